The van der Waals surface area contributed by atoms with Crippen LogP contribution in [0.15, 0.2) is 54.6 Å². The molecule has 1 aromatic heterocycles. The molecule has 0 amide bonds. The zero-order chi connectivity index (χ0) is 27.4. The summed E-state index contributed by atoms with van der Waals surface area (Å²) in [5.41, 5.74) is 4.88. The molecule has 9 heteroatoms. The van der Waals surface area contributed by atoms with Crippen molar-refractivity contribution in [2.24, 2.45) is 11.8 Å². The van der Waals surface area contributed by atoms with E-state index in [2.05, 4.69) is 31.2 Å². The zero-order valence-corrected chi connectivity index (χ0v) is 23.7. The maximum Gasteiger partial charge on any atom is 0.323 e. The van der Waals surface area contributed by atoms with Gasteiger partial charge in [0.1, 0.15) is 0 Å². The van der Waals surface area contributed by atoms with Gasteiger partial charge in [0, 0.05) is 49.6 Å². The predicted octanol–water partition coefficient (Wildman–Crippen LogP) is 3.76. The Labute approximate surface area is 230 Å². The molecule has 6 rings (SSSR count). The molecule has 39 heavy (non-hydrogen) atoms. The average Bonchev–Trinajstić information content (AvgIpc) is 3.58. The lowest BCUT2D eigenvalue weighted by atomic mass is 9.52. The maximum atomic E-state index is 13.8. The summed E-state index contributed by atoms with van der Waals surface area (Å²) >= 11 is 0. The van der Waals surface area contributed by atoms with Gasteiger partial charge in [0.2, 0.25) is 0 Å². The van der Waals surface area contributed by atoms with Gasteiger partial charge in [-0.3, -0.25) is 0 Å². The number of benzene rings is 2. The first-order chi connectivity index (χ1) is 18.7. The smallest absolute Gasteiger partial charge is 0.323 e. The molecule has 3 aliphatic rings. The molecule has 2 aromatic carbocycles. The number of hydrogen-bond acceptors (Lipinski definition) is 6. The fourth-order valence-corrected chi connectivity index (χ4v) is 8.29. The summed E-state index contributed by atoms with van der Waals surface area (Å²) in [6.45, 7) is 3.46. The van der Waals surface area contributed by atoms with Crippen molar-refractivity contribution in [1.29, 1.82) is 0 Å². The molecular formula is C30H37N3O5S. The highest BCUT2D eigenvalue weighted by Gasteiger charge is 2.61. The van der Waals surface area contributed by atoms with E-state index in [0.29, 0.717) is 38.2 Å². The standard InChI is InChI=1S/C30H37N3O5S/c1-21-26-13-12-25-27(23-9-7-8-22(20-23)14-17-34)33(39(35,36)32(2)3)31-28(25)29(26,24-10-5-4-6-11-24)15-16-30(21)37-18-19-38-30/h4-11,20-21,26,34H,12-19H2,1-3H3/t21-,26-,29+/m0/s1. The molecule has 3 aromatic rings. The minimum atomic E-state index is -3.92. The second-order valence-corrected chi connectivity index (χ2v) is 13.2. The molecule has 0 radical (unpaired) electrons. The second-order valence-electron chi connectivity index (χ2n) is 11.3. The Bertz CT molecular complexity index is 1460. The Kier molecular flexibility index (Phi) is 6.71. The van der Waals surface area contributed by atoms with Crippen LogP contribution >= 0.6 is 0 Å². The Balaban J connectivity index is 1.62. The molecule has 2 aliphatic carbocycles. The Morgan fingerprint density at radius 2 is 1.82 bits per heavy atom. The van der Waals surface area contributed by atoms with Gasteiger partial charge in [-0.1, -0.05) is 55.5 Å². The Morgan fingerprint density at radius 1 is 1.08 bits per heavy atom. The minimum absolute atomic E-state index is 0.0272. The van der Waals surface area contributed by atoms with Crippen LogP contribution in [-0.4, -0.2) is 66.7 Å². The molecule has 1 saturated heterocycles. The van der Waals surface area contributed by atoms with E-state index in [1.807, 2.05) is 30.3 Å². The van der Waals surface area contributed by atoms with E-state index < -0.39 is 21.4 Å². The molecule has 2 fully saturated rings. The molecule has 0 unspecified atom stereocenters. The van der Waals surface area contributed by atoms with E-state index in [1.54, 1.807) is 14.1 Å². The molecule has 1 aliphatic heterocycles. The van der Waals surface area contributed by atoms with Crippen molar-refractivity contribution in [2.45, 2.75) is 50.2 Å². The monoisotopic (exact) mass is 551 g/mol. The van der Waals surface area contributed by atoms with Gasteiger partial charge in [-0.2, -0.15) is 17.8 Å². The van der Waals surface area contributed by atoms with Crippen molar-refractivity contribution in [3.63, 3.8) is 0 Å². The van der Waals surface area contributed by atoms with Crippen LogP contribution in [0.4, 0.5) is 0 Å². The fraction of sp³-hybridized carbons (Fsp3) is 0.500. The third kappa shape index (κ3) is 4.01. The van der Waals surface area contributed by atoms with Gasteiger partial charge in [0.15, 0.2) is 5.79 Å². The van der Waals surface area contributed by atoms with Crippen LogP contribution in [0.1, 0.15) is 48.6 Å². The van der Waals surface area contributed by atoms with Crippen LogP contribution in [0, 0.1) is 11.8 Å². The lowest BCUT2D eigenvalue weighted by Crippen LogP contribution is -2.56. The number of nitrogens with zero attached hydrogens (tertiary/aromatic N) is 3. The summed E-state index contributed by atoms with van der Waals surface area (Å²) in [7, 11) is -0.836. The van der Waals surface area contributed by atoms with Crippen molar-refractivity contribution in [2.75, 3.05) is 33.9 Å². The molecule has 1 saturated carbocycles. The summed E-state index contributed by atoms with van der Waals surface area (Å²) < 4.78 is 42.5. The highest BCUT2D eigenvalue weighted by atomic mass is 32.2. The number of aliphatic hydroxyl groups excluding tert-OH is 1. The van der Waals surface area contributed by atoms with Gasteiger partial charge in [0.25, 0.3) is 0 Å². The maximum absolute atomic E-state index is 13.8. The largest absolute Gasteiger partial charge is 0.396 e. The number of rotatable bonds is 6. The molecule has 1 spiro atoms. The fourth-order valence-electron chi connectivity index (χ4n) is 7.35. The second kappa shape index (κ2) is 9.82. The molecule has 2 heterocycles. The summed E-state index contributed by atoms with van der Waals surface area (Å²) in [6.07, 6.45) is 3.54. The predicted molar refractivity (Wildman–Crippen MR) is 149 cm³/mol. The molecule has 3 atom stereocenters. The highest BCUT2D eigenvalue weighted by Crippen LogP contribution is 2.60. The summed E-state index contributed by atoms with van der Waals surface area (Å²) in [4.78, 5) is 0. The van der Waals surface area contributed by atoms with Gasteiger partial charge >= 0.3 is 10.2 Å². The van der Waals surface area contributed by atoms with Crippen molar-refractivity contribution >= 4 is 10.2 Å². The Morgan fingerprint density at radius 3 is 2.51 bits per heavy atom. The van der Waals surface area contributed by atoms with Gasteiger partial charge in [-0.15, -0.1) is 4.09 Å². The molecule has 8 nitrogen and oxygen atoms in total. The van der Waals surface area contributed by atoms with Crippen LogP contribution in [0.25, 0.3) is 11.3 Å². The van der Waals surface area contributed by atoms with E-state index in [1.165, 1.54) is 8.39 Å². The Hall–Kier alpha value is -2.56. The third-order valence-corrected chi connectivity index (χ3v) is 10.8. The van der Waals surface area contributed by atoms with Crippen molar-refractivity contribution in [3.8, 4) is 11.3 Å². The minimum Gasteiger partial charge on any atom is -0.396 e. The summed E-state index contributed by atoms with van der Waals surface area (Å²) in [5.74, 6) is -0.326. The topological polar surface area (TPSA) is 93.9 Å². The first-order valence-electron chi connectivity index (χ1n) is 13.8. The van der Waals surface area contributed by atoms with Crippen molar-refractivity contribution in [3.05, 3.63) is 77.0 Å². The lowest BCUT2D eigenvalue weighted by molar-refractivity contribution is -0.232. The van der Waals surface area contributed by atoms with Crippen LogP contribution in [0.3, 0.4) is 0 Å². The molecule has 0 bridgehead atoms. The highest BCUT2D eigenvalue weighted by molar-refractivity contribution is 7.87. The van der Waals surface area contributed by atoms with Crippen LogP contribution in [0.2, 0.25) is 0 Å². The van der Waals surface area contributed by atoms with Crippen LogP contribution in [0.5, 0.6) is 0 Å². The van der Waals surface area contributed by atoms with E-state index >= 15 is 0 Å². The van der Waals surface area contributed by atoms with Crippen LogP contribution in [-0.2, 0) is 37.9 Å². The SMILES string of the molecule is C[C@H]1[C@@H]2CCc3c(nn(S(=O)(=O)N(C)C)c3-c3cccc(CCO)c3)[C@@]2(c2ccccc2)CCC12OCCO2. The average molecular weight is 552 g/mol. The van der Waals surface area contributed by atoms with Crippen LogP contribution < -0.4 is 0 Å². The summed E-state index contributed by atoms with van der Waals surface area (Å²) in [6, 6.07) is 18.2. The lowest BCUT2D eigenvalue weighted by Gasteiger charge is -2.55. The molecule has 1 N–H and O–H groups in total. The number of fused-ring (bicyclic) bond motifs is 3. The number of ether oxygens (including phenoxy) is 2. The van der Waals surface area contributed by atoms with Gasteiger partial charge in [-0.25, -0.2) is 0 Å². The quantitative estimate of drug-likeness (QED) is 0.502. The number of aliphatic hydroxyl groups is 1. The molecular weight excluding hydrogens is 514 g/mol. The van der Waals surface area contributed by atoms with Crippen molar-refractivity contribution in [1.82, 2.24) is 13.5 Å². The first kappa shape index (κ1) is 26.7. The van der Waals surface area contributed by atoms with E-state index in [-0.39, 0.29) is 18.4 Å². The third-order valence-electron chi connectivity index (χ3n) is 9.23. The van der Waals surface area contributed by atoms with Gasteiger partial charge < -0.3 is 14.6 Å². The zero-order valence-electron chi connectivity index (χ0n) is 22.8. The van der Waals surface area contributed by atoms with Crippen molar-refractivity contribution < 1.29 is 23.0 Å². The van der Waals surface area contributed by atoms with Gasteiger partial charge in [-0.05, 0) is 48.8 Å². The first-order valence-corrected chi connectivity index (χ1v) is 15.2. The van der Waals surface area contributed by atoms with E-state index in [0.717, 1.165) is 40.8 Å². The number of hydrogen-bond donors (Lipinski definition) is 1. The van der Waals surface area contributed by atoms with E-state index in [9.17, 15) is 13.5 Å². The molecule has 208 valence electrons. The summed E-state index contributed by atoms with van der Waals surface area (Å²) in [5, 5.41) is 14.6. The van der Waals surface area contributed by atoms with Gasteiger partial charge in [0.05, 0.1) is 24.6 Å². The van der Waals surface area contributed by atoms with E-state index in [4.69, 9.17) is 14.6 Å². The number of aromatic nitrogens is 2. The normalized spacial score (nSPS) is 26.1.